The van der Waals surface area contributed by atoms with Gasteiger partial charge < -0.3 is 10.5 Å². The highest BCUT2D eigenvalue weighted by Crippen LogP contribution is 2.37. The number of halogens is 2. The molecule has 0 bridgehead atoms. The van der Waals surface area contributed by atoms with E-state index in [1.54, 1.807) is 13.2 Å². The van der Waals surface area contributed by atoms with Crippen molar-refractivity contribution in [2.45, 2.75) is 19.4 Å². The van der Waals surface area contributed by atoms with Crippen molar-refractivity contribution in [1.82, 2.24) is 0 Å². The van der Waals surface area contributed by atoms with Gasteiger partial charge in [0.2, 0.25) is 0 Å². The maximum absolute atomic E-state index is 6.36. The van der Waals surface area contributed by atoms with Crippen molar-refractivity contribution in [3.8, 4) is 5.75 Å². The Bertz CT molecular complexity index is 598. The highest BCUT2D eigenvalue weighted by Gasteiger charge is 2.17. The number of nitrogens with two attached hydrogens (primary N) is 1. The molecule has 2 aromatic carbocycles. The van der Waals surface area contributed by atoms with E-state index in [-0.39, 0.29) is 6.04 Å². The molecule has 20 heavy (non-hydrogen) atoms. The molecule has 0 spiro atoms. The second kappa shape index (κ2) is 6.61. The van der Waals surface area contributed by atoms with Crippen LogP contribution in [-0.2, 0) is 6.42 Å². The van der Waals surface area contributed by atoms with Crippen LogP contribution < -0.4 is 10.5 Å². The lowest BCUT2D eigenvalue weighted by Gasteiger charge is -2.18. The highest BCUT2D eigenvalue weighted by molar-refractivity contribution is 9.10. The van der Waals surface area contributed by atoms with Gasteiger partial charge in [-0.15, -0.1) is 0 Å². The minimum atomic E-state index is -0.272. The van der Waals surface area contributed by atoms with Crippen LogP contribution in [-0.4, -0.2) is 7.11 Å². The molecular formula is C16H17BrClNO. The molecule has 2 nitrogen and oxygen atoms in total. The summed E-state index contributed by atoms with van der Waals surface area (Å²) in [6.07, 6.45) is 1.02. The Hall–Kier alpha value is -1.03. The van der Waals surface area contributed by atoms with E-state index in [4.69, 9.17) is 22.1 Å². The average Bonchev–Trinajstić information content (AvgIpc) is 2.46. The van der Waals surface area contributed by atoms with E-state index in [0.717, 1.165) is 27.8 Å². The fraction of sp³-hybridized carbons (Fsp3) is 0.250. The van der Waals surface area contributed by atoms with Crippen LogP contribution in [0.4, 0.5) is 0 Å². The minimum absolute atomic E-state index is 0.272. The molecule has 0 fully saturated rings. The molecule has 4 heteroatoms. The van der Waals surface area contributed by atoms with Crippen molar-refractivity contribution in [2.24, 2.45) is 5.73 Å². The van der Waals surface area contributed by atoms with E-state index in [1.807, 2.05) is 6.07 Å². The summed E-state index contributed by atoms with van der Waals surface area (Å²) in [6, 6.07) is 11.7. The van der Waals surface area contributed by atoms with Crippen molar-refractivity contribution in [3.63, 3.8) is 0 Å². The zero-order chi connectivity index (χ0) is 14.7. The smallest absolute Gasteiger partial charge is 0.138 e. The van der Waals surface area contributed by atoms with E-state index in [0.29, 0.717) is 5.02 Å². The number of rotatable bonds is 4. The fourth-order valence-corrected chi connectivity index (χ4v) is 3.16. The van der Waals surface area contributed by atoms with Crippen LogP contribution >= 0.6 is 27.5 Å². The van der Waals surface area contributed by atoms with Crippen LogP contribution in [0.1, 0.15) is 29.7 Å². The Morgan fingerprint density at radius 2 is 1.90 bits per heavy atom. The van der Waals surface area contributed by atoms with Gasteiger partial charge in [-0.25, -0.2) is 0 Å². The van der Waals surface area contributed by atoms with Gasteiger partial charge in [-0.2, -0.15) is 0 Å². The molecule has 2 aromatic rings. The summed E-state index contributed by atoms with van der Waals surface area (Å²) in [7, 11) is 1.63. The molecule has 2 rings (SSSR count). The molecule has 106 valence electrons. The Labute approximate surface area is 133 Å². The molecule has 0 heterocycles. The summed E-state index contributed by atoms with van der Waals surface area (Å²) < 4.78 is 6.24. The largest absolute Gasteiger partial charge is 0.495 e. The second-order valence-corrected chi connectivity index (χ2v) is 5.87. The fourth-order valence-electron chi connectivity index (χ4n) is 2.17. The molecule has 0 radical (unpaired) electrons. The second-order valence-electron chi connectivity index (χ2n) is 4.58. The Morgan fingerprint density at radius 1 is 1.25 bits per heavy atom. The monoisotopic (exact) mass is 353 g/mol. The van der Waals surface area contributed by atoms with Gasteiger partial charge in [-0.1, -0.05) is 42.8 Å². The molecule has 0 saturated carbocycles. The summed E-state index contributed by atoms with van der Waals surface area (Å²) in [4.78, 5) is 0. The van der Waals surface area contributed by atoms with E-state index >= 15 is 0 Å². The molecule has 1 atom stereocenters. The topological polar surface area (TPSA) is 35.2 Å². The first-order chi connectivity index (χ1) is 9.56. The first-order valence-electron chi connectivity index (χ1n) is 6.44. The van der Waals surface area contributed by atoms with Gasteiger partial charge in [0.1, 0.15) is 5.75 Å². The summed E-state index contributed by atoms with van der Waals surface area (Å²) in [5.41, 5.74) is 9.56. The molecule has 0 aliphatic carbocycles. The van der Waals surface area contributed by atoms with Gasteiger partial charge in [0.05, 0.1) is 17.6 Å². The molecule has 0 aromatic heterocycles. The number of methoxy groups -OCH3 is 1. The zero-order valence-electron chi connectivity index (χ0n) is 11.5. The van der Waals surface area contributed by atoms with Crippen molar-refractivity contribution in [2.75, 3.05) is 7.11 Å². The number of benzene rings is 2. The Morgan fingerprint density at radius 3 is 2.45 bits per heavy atom. The first-order valence-corrected chi connectivity index (χ1v) is 7.61. The van der Waals surface area contributed by atoms with Crippen LogP contribution in [0, 0.1) is 0 Å². The van der Waals surface area contributed by atoms with Gasteiger partial charge in [0.25, 0.3) is 0 Å². The van der Waals surface area contributed by atoms with Crippen LogP contribution in [0.3, 0.4) is 0 Å². The lowest BCUT2D eigenvalue weighted by Crippen LogP contribution is -2.13. The van der Waals surface area contributed by atoms with E-state index in [9.17, 15) is 0 Å². The van der Waals surface area contributed by atoms with Gasteiger partial charge in [-0.05, 0) is 45.6 Å². The molecule has 0 aliphatic rings. The molecular weight excluding hydrogens is 338 g/mol. The van der Waals surface area contributed by atoms with Crippen molar-refractivity contribution < 1.29 is 4.74 Å². The number of hydrogen-bond donors (Lipinski definition) is 1. The Kier molecular flexibility index (Phi) is 5.08. The summed E-state index contributed by atoms with van der Waals surface area (Å²) in [5, 5.41) is 0.633. The lowest BCUT2D eigenvalue weighted by atomic mass is 9.97. The van der Waals surface area contributed by atoms with E-state index < -0.39 is 0 Å². The third-order valence-corrected chi connectivity index (χ3v) is 4.13. The van der Waals surface area contributed by atoms with Gasteiger partial charge in [0.15, 0.2) is 0 Å². The highest BCUT2D eigenvalue weighted by atomic mass is 79.9. The number of aryl methyl sites for hydroxylation is 1. The number of hydrogen-bond acceptors (Lipinski definition) is 2. The van der Waals surface area contributed by atoms with Gasteiger partial charge >= 0.3 is 0 Å². The Balaban J connectivity index is 2.43. The molecule has 0 aliphatic heterocycles. The first kappa shape index (κ1) is 15.4. The van der Waals surface area contributed by atoms with Crippen LogP contribution in [0.5, 0.6) is 5.75 Å². The average molecular weight is 355 g/mol. The molecule has 1 unspecified atom stereocenters. The minimum Gasteiger partial charge on any atom is -0.495 e. The maximum Gasteiger partial charge on any atom is 0.138 e. The lowest BCUT2D eigenvalue weighted by molar-refractivity contribution is 0.405. The zero-order valence-corrected chi connectivity index (χ0v) is 13.8. The van der Waals surface area contributed by atoms with Crippen LogP contribution in [0.15, 0.2) is 40.9 Å². The van der Waals surface area contributed by atoms with Crippen LogP contribution in [0.2, 0.25) is 5.02 Å². The quantitative estimate of drug-likeness (QED) is 0.862. The van der Waals surface area contributed by atoms with E-state index in [1.165, 1.54) is 5.56 Å². The third kappa shape index (κ3) is 3.17. The summed E-state index contributed by atoms with van der Waals surface area (Å²) in [5.74, 6) is 0.724. The SMILES string of the molecule is CCc1ccc(C(N)c2cc(Cl)cc(Br)c2OC)cc1. The molecule has 2 N–H and O–H groups in total. The standard InChI is InChI=1S/C16H17BrClNO/c1-3-10-4-6-11(7-5-10)15(19)13-8-12(18)9-14(17)16(13)20-2/h4-9,15H,3,19H2,1-2H3. The molecule has 0 amide bonds. The third-order valence-electron chi connectivity index (χ3n) is 3.32. The summed E-state index contributed by atoms with van der Waals surface area (Å²) in [6.45, 7) is 2.13. The summed E-state index contributed by atoms with van der Waals surface area (Å²) >= 11 is 9.57. The molecule has 0 saturated heterocycles. The number of ether oxygens (including phenoxy) is 1. The van der Waals surface area contributed by atoms with Crippen molar-refractivity contribution in [1.29, 1.82) is 0 Å². The van der Waals surface area contributed by atoms with E-state index in [2.05, 4.69) is 47.1 Å². The van der Waals surface area contributed by atoms with Gasteiger partial charge in [-0.3, -0.25) is 0 Å². The maximum atomic E-state index is 6.36. The predicted octanol–water partition coefficient (Wildman–Crippen LogP) is 4.72. The van der Waals surface area contributed by atoms with Crippen LogP contribution in [0.25, 0.3) is 0 Å². The van der Waals surface area contributed by atoms with Crippen molar-refractivity contribution >= 4 is 27.5 Å². The van der Waals surface area contributed by atoms with Crippen molar-refractivity contribution in [3.05, 3.63) is 62.6 Å². The predicted molar refractivity (Wildman–Crippen MR) is 87.6 cm³/mol. The normalized spacial score (nSPS) is 12.2. The van der Waals surface area contributed by atoms with Gasteiger partial charge in [0, 0.05) is 10.6 Å².